The molecule has 0 aliphatic rings. The Bertz CT molecular complexity index is 292. The maximum Gasteiger partial charge on any atom is 0.307 e. The van der Waals surface area contributed by atoms with E-state index in [1.807, 2.05) is 0 Å². The molecule has 0 aromatic rings. The molecule has 0 rings (SSSR count). The first-order chi connectivity index (χ1) is 10.5. The van der Waals surface area contributed by atoms with Crippen molar-refractivity contribution >= 4 is 5.97 Å². The number of carbonyl (C=O) groups is 1. The van der Waals surface area contributed by atoms with Gasteiger partial charge in [0.15, 0.2) is 5.72 Å². The quantitative estimate of drug-likeness (QED) is 0.200. The van der Waals surface area contributed by atoms with E-state index in [4.69, 9.17) is 10.5 Å². The van der Waals surface area contributed by atoms with Crippen molar-refractivity contribution in [1.82, 2.24) is 0 Å². The van der Waals surface area contributed by atoms with Gasteiger partial charge in [-0.15, -0.1) is 0 Å². The van der Waals surface area contributed by atoms with Crippen LogP contribution in [-0.4, -0.2) is 11.7 Å². The molecule has 2 N–H and O–H groups in total. The van der Waals surface area contributed by atoms with E-state index < -0.39 is 5.72 Å². The van der Waals surface area contributed by atoms with E-state index in [0.717, 1.165) is 12.8 Å². The number of rotatable bonds is 14. The van der Waals surface area contributed by atoms with Crippen molar-refractivity contribution in [1.29, 1.82) is 0 Å². The second-order valence-electron chi connectivity index (χ2n) is 6.70. The molecule has 0 saturated heterocycles. The maximum atomic E-state index is 11.4. The topological polar surface area (TPSA) is 52.3 Å². The number of hydrogen-bond acceptors (Lipinski definition) is 3. The van der Waals surface area contributed by atoms with Crippen LogP contribution in [-0.2, 0) is 9.53 Å². The van der Waals surface area contributed by atoms with E-state index in [1.165, 1.54) is 57.8 Å². The number of esters is 1. The molecule has 0 aliphatic carbocycles. The Balaban J connectivity index is 3.27. The zero-order valence-electron chi connectivity index (χ0n) is 15.0. The predicted octanol–water partition coefficient (Wildman–Crippen LogP) is 5.48. The monoisotopic (exact) mass is 311 g/mol. The predicted molar refractivity (Wildman–Crippen MR) is 94.6 cm³/mol. The lowest BCUT2D eigenvalue weighted by molar-refractivity contribution is -0.156. The summed E-state index contributed by atoms with van der Waals surface area (Å²) in [4.78, 5) is 11.4. The molecule has 0 aliphatic heterocycles. The molecule has 0 bridgehead atoms. The zero-order chi connectivity index (χ0) is 16.7. The van der Waals surface area contributed by atoms with Gasteiger partial charge in [-0.1, -0.05) is 57.6 Å². The average Bonchev–Trinajstić information content (AvgIpc) is 2.42. The molecule has 0 heterocycles. The smallest absolute Gasteiger partial charge is 0.307 e. The number of hydrogen-bond donors (Lipinski definition) is 1. The highest BCUT2D eigenvalue weighted by atomic mass is 16.6. The van der Waals surface area contributed by atoms with Crippen molar-refractivity contribution in [2.24, 2.45) is 5.73 Å². The Morgan fingerprint density at radius 1 is 0.909 bits per heavy atom. The van der Waals surface area contributed by atoms with E-state index in [9.17, 15) is 4.79 Å². The molecule has 0 spiro atoms. The molecule has 0 atom stereocenters. The van der Waals surface area contributed by atoms with Gasteiger partial charge in [-0.25, -0.2) is 0 Å². The largest absolute Gasteiger partial charge is 0.445 e. The second kappa shape index (κ2) is 13.8. The Kier molecular flexibility index (Phi) is 13.3. The molecule has 3 nitrogen and oxygen atoms in total. The van der Waals surface area contributed by atoms with Crippen molar-refractivity contribution in [3.63, 3.8) is 0 Å². The van der Waals surface area contributed by atoms with Gasteiger partial charge in [0, 0.05) is 6.42 Å². The normalized spacial score (nSPS) is 12.0. The first-order valence-electron chi connectivity index (χ1n) is 9.11. The Labute approximate surface area is 137 Å². The number of ether oxygens (including phenoxy) is 1. The number of carbonyl (C=O) groups excluding carboxylic acids is 1. The molecule has 0 amide bonds. The zero-order valence-corrected chi connectivity index (χ0v) is 15.0. The van der Waals surface area contributed by atoms with E-state index in [0.29, 0.717) is 6.42 Å². The van der Waals surface area contributed by atoms with Crippen LogP contribution in [0.1, 0.15) is 97.8 Å². The minimum absolute atomic E-state index is 0.182. The molecule has 0 radical (unpaired) electrons. The fraction of sp³-hybridized carbons (Fsp3) is 0.842. The summed E-state index contributed by atoms with van der Waals surface area (Å²) >= 11 is 0. The van der Waals surface area contributed by atoms with Gasteiger partial charge in [0.2, 0.25) is 0 Å². The minimum Gasteiger partial charge on any atom is -0.445 e. The van der Waals surface area contributed by atoms with Gasteiger partial charge in [-0.2, -0.15) is 0 Å². The van der Waals surface area contributed by atoms with Gasteiger partial charge in [-0.05, 0) is 46.0 Å². The van der Waals surface area contributed by atoms with Crippen LogP contribution in [0, 0.1) is 0 Å². The van der Waals surface area contributed by atoms with Crippen LogP contribution in [0.25, 0.3) is 0 Å². The number of nitrogens with two attached hydrogens (primary N) is 1. The molecule has 3 heteroatoms. The van der Waals surface area contributed by atoms with E-state index >= 15 is 0 Å². The van der Waals surface area contributed by atoms with Crippen molar-refractivity contribution in [2.75, 3.05) is 0 Å². The molecule has 0 unspecified atom stereocenters. The van der Waals surface area contributed by atoms with Crippen LogP contribution in [0.5, 0.6) is 0 Å². The van der Waals surface area contributed by atoms with E-state index in [2.05, 4.69) is 19.1 Å². The number of unbranched alkanes of at least 4 members (excludes halogenated alkanes) is 9. The van der Waals surface area contributed by atoms with Gasteiger partial charge >= 0.3 is 5.97 Å². The summed E-state index contributed by atoms with van der Waals surface area (Å²) < 4.78 is 5.07. The third-order valence-electron chi connectivity index (χ3n) is 3.52. The van der Waals surface area contributed by atoms with Crippen molar-refractivity contribution < 1.29 is 9.53 Å². The third kappa shape index (κ3) is 17.2. The minimum atomic E-state index is -0.847. The molecule has 0 saturated carbocycles. The summed E-state index contributed by atoms with van der Waals surface area (Å²) in [5, 5.41) is 0. The fourth-order valence-electron chi connectivity index (χ4n) is 2.33. The van der Waals surface area contributed by atoms with Crippen LogP contribution in [0.15, 0.2) is 12.2 Å². The molecular weight excluding hydrogens is 274 g/mol. The van der Waals surface area contributed by atoms with Gasteiger partial charge in [0.1, 0.15) is 0 Å². The van der Waals surface area contributed by atoms with E-state index in [1.54, 1.807) is 13.8 Å². The fourth-order valence-corrected chi connectivity index (χ4v) is 2.33. The summed E-state index contributed by atoms with van der Waals surface area (Å²) in [5.41, 5.74) is 4.78. The Hall–Kier alpha value is -0.830. The van der Waals surface area contributed by atoms with Gasteiger partial charge < -0.3 is 4.74 Å². The highest BCUT2D eigenvalue weighted by molar-refractivity contribution is 5.69. The van der Waals surface area contributed by atoms with Gasteiger partial charge in [-0.3, -0.25) is 10.5 Å². The van der Waals surface area contributed by atoms with Crippen LogP contribution < -0.4 is 5.73 Å². The lowest BCUT2D eigenvalue weighted by Gasteiger charge is -2.19. The average molecular weight is 312 g/mol. The Morgan fingerprint density at radius 2 is 1.41 bits per heavy atom. The van der Waals surface area contributed by atoms with Gasteiger partial charge in [0.25, 0.3) is 0 Å². The number of allylic oxidation sites excluding steroid dienone is 2. The molecule has 0 aromatic heterocycles. The molecule has 130 valence electrons. The molecular formula is C19H37NO2. The summed E-state index contributed by atoms with van der Waals surface area (Å²) in [7, 11) is 0. The highest BCUT2D eigenvalue weighted by Crippen LogP contribution is 2.10. The van der Waals surface area contributed by atoms with Gasteiger partial charge in [0.05, 0.1) is 0 Å². The summed E-state index contributed by atoms with van der Waals surface area (Å²) in [5.74, 6) is -0.182. The van der Waals surface area contributed by atoms with Crippen molar-refractivity contribution in [3.8, 4) is 0 Å². The van der Waals surface area contributed by atoms with Crippen LogP contribution in [0.4, 0.5) is 0 Å². The lowest BCUT2D eigenvalue weighted by atomic mass is 10.1. The molecule has 0 fully saturated rings. The van der Waals surface area contributed by atoms with Crippen LogP contribution in [0.3, 0.4) is 0 Å². The third-order valence-corrected chi connectivity index (χ3v) is 3.52. The second-order valence-corrected chi connectivity index (χ2v) is 6.70. The maximum absolute atomic E-state index is 11.4. The van der Waals surface area contributed by atoms with Crippen molar-refractivity contribution in [3.05, 3.63) is 12.2 Å². The first-order valence-corrected chi connectivity index (χ1v) is 9.11. The Morgan fingerprint density at radius 3 is 1.95 bits per heavy atom. The van der Waals surface area contributed by atoms with Crippen molar-refractivity contribution in [2.45, 2.75) is 104 Å². The molecule has 22 heavy (non-hydrogen) atoms. The van der Waals surface area contributed by atoms with E-state index in [-0.39, 0.29) is 5.97 Å². The summed E-state index contributed by atoms with van der Waals surface area (Å²) in [6.45, 7) is 5.64. The van der Waals surface area contributed by atoms with Crippen LogP contribution in [0.2, 0.25) is 0 Å². The highest BCUT2D eigenvalue weighted by Gasteiger charge is 2.15. The lowest BCUT2D eigenvalue weighted by Crippen LogP contribution is -2.37. The van der Waals surface area contributed by atoms with Crippen LogP contribution >= 0.6 is 0 Å². The standard InChI is InChI=1S/C19H37NO2/c1-4-5-6-7-8-9-10-11-12-13-14-15-16-17-18(21)22-19(2,3)20/h9-10H,4-8,11-17,20H2,1-3H3/b10-9-. The summed E-state index contributed by atoms with van der Waals surface area (Å²) in [6.07, 6.45) is 18.7. The summed E-state index contributed by atoms with van der Waals surface area (Å²) in [6, 6.07) is 0. The SMILES string of the molecule is CCCCCC/C=C\CCCCCCCC(=O)OC(C)(C)N. The first kappa shape index (κ1) is 21.2. The molecule has 0 aromatic carbocycles.